The minimum atomic E-state index is -4.66. The second-order valence-electron chi connectivity index (χ2n) is 6.19. The summed E-state index contributed by atoms with van der Waals surface area (Å²) in [5.41, 5.74) is -2.35. The lowest BCUT2D eigenvalue weighted by Crippen LogP contribution is -2.38. The fourth-order valence-corrected chi connectivity index (χ4v) is 3.67. The highest BCUT2D eigenvalue weighted by molar-refractivity contribution is 7.89. The number of nitrogens with one attached hydrogen (secondary N) is 1. The Morgan fingerprint density at radius 2 is 1.78 bits per heavy atom. The molecule has 0 saturated heterocycles. The smallest absolute Gasteiger partial charge is 0.416 e. The Hall–Kier alpha value is -2.30. The molecular weight excluding hydrogens is 387 g/mol. The van der Waals surface area contributed by atoms with Crippen LogP contribution in [0.5, 0.6) is 11.5 Å². The molecule has 0 amide bonds. The molecular formula is C17H16F3NO5S. The third-order valence-corrected chi connectivity index (χ3v) is 5.47. The Kier molecular flexibility index (Phi) is 4.83. The average molecular weight is 403 g/mol. The number of halogens is 3. The van der Waals surface area contributed by atoms with E-state index < -0.39 is 38.8 Å². The van der Waals surface area contributed by atoms with Gasteiger partial charge in [0.1, 0.15) is 5.60 Å². The average Bonchev–Trinajstić information content (AvgIpc) is 3.07. The Morgan fingerprint density at radius 3 is 2.48 bits per heavy atom. The van der Waals surface area contributed by atoms with E-state index in [1.165, 1.54) is 13.0 Å². The number of aliphatic hydroxyl groups is 1. The molecule has 0 radical (unpaired) electrons. The molecule has 1 heterocycles. The number of alkyl halides is 3. The van der Waals surface area contributed by atoms with Gasteiger partial charge >= 0.3 is 6.18 Å². The SMILES string of the molecule is CC(O)(CNS(=O)(=O)c1cccc(C(F)(F)F)c1)c1ccc2c(c1)OCO2. The van der Waals surface area contributed by atoms with Gasteiger partial charge in [-0.05, 0) is 42.8 Å². The van der Waals surface area contributed by atoms with Gasteiger partial charge in [0, 0.05) is 6.54 Å². The quantitative estimate of drug-likeness (QED) is 0.802. The van der Waals surface area contributed by atoms with E-state index in [9.17, 15) is 26.7 Å². The van der Waals surface area contributed by atoms with Crippen molar-refractivity contribution in [2.24, 2.45) is 0 Å². The van der Waals surface area contributed by atoms with E-state index >= 15 is 0 Å². The molecule has 0 bridgehead atoms. The van der Waals surface area contributed by atoms with Crippen LogP contribution in [0.2, 0.25) is 0 Å². The van der Waals surface area contributed by atoms with Gasteiger partial charge < -0.3 is 14.6 Å². The van der Waals surface area contributed by atoms with Crippen molar-refractivity contribution in [2.75, 3.05) is 13.3 Å². The van der Waals surface area contributed by atoms with Crippen molar-refractivity contribution in [3.8, 4) is 11.5 Å². The summed E-state index contributed by atoms with van der Waals surface area (Å²) < 4.78 is 75.6. The van der Waals surface area contributed by atoms with E-state index in [1.807, 2.05) is 0 Å². The summed E-state index contributed by atoms with van der Waals surface area (Å²) in [6.07, 6.45) is -4.66. The van der Waals surface area contributed by atoms with E-state index in [0.717, 1.165) is 18.2 Å². The summed E-state index contributed by atoms with van der Waals surface area (Å²) >= 11 is 0. The Labute approximate surface area is 153 Å². The topological polar surface area (TPSA) is 84.9 Å². The highest BCUT2D eigenvalue weighted by Gasteiger charge is 2.32. The lowest BCUT2D eigenvalue weighted by Gasteiger charge is -2.24. The first kappa shape index (κ1) is 19.5. The summed E-state index contributed by atoms with van der Waals surface area (Å²) in [5.74, 6) is 0.910. The van der Waals surface area contributed by atoms with Crippen molar-refractivity contribution in [1.82, 2.24) is 4.72 Å². The standard InChI is InChI=1S/C17H16F3NO5S/c1-16(22,11-5-6-14-15(8-11)26-10-25-14)9-21-27(23,24)13-4-2-3-12(7-13)17(18,19)20/h2-8,21-22H,9-10H2,1H3. The van der Waals surface area contributed by atoms with E-state index in [0.29, 0.717) is 23.1 Å². The highest BCUT2D eigenvalue weighted by Crippen LogP contribution is 2.36. The summed E-state index contributed by atoms with van der Waals surface area (Å²) in [5, 5.41) is 10.6. The number of sulfonamides is 1. The Morgan fingerprint density at radius 1 is 1.07 bits per heavy atom. The van der Waals surface area contributed by atoms with Crippen LogP contribution < -0.4 is 14.2 Å². The number of hydrogen-bond donors (Lipinski definition) is 2. The molecule has 27 heavy (non-hydrogen) atoms. The molecule has 6 nitrogen and oxygen atoms in total. The zero-order valence-corrected chi connectivity index (χ0v) is 14.9. The van der Waals surface area contributed by atoms with Crippen molar-refractivity contribution in [3.63, 3.8) is 0 Å². The normalized spacial score (nSPS) is 16.2. The minimum absolute atomic E-state index is 0.0447. The summed E-state index contributed by atoms with van der Waals surface area (Å²) in [7, 11) is -4.26. The molecule has 1 unspecified atom stereocenters. The van der Waals surface area contributed by atoms with Crippen LogP contribution in [0.3, 0.4) is 0 Å². The molecule has 3 rings (SSSR count). The van der Waals surface area contributed by atoms with E-state index in [1.54, 1.807) is 12.1 Å². The van der Waals surface area contributed by atoms with Crippen LogP contribution in [0.25, 0.3) is 0 Å². The first-order valence-corrected chi connectivity index (χ1v) is 9.27. The largest absolute Gasteiger partial charge is 0.454 e. The van der Waals surface area contributed by atoms with Gasteiger partial charge in [0.25, 0.3) is 0 Å². The van der Waals surface area contributed by atoms with Crippen molar-refractivity contribution in [2.45, 2.75) is 23.6 Å². The maximum absolute atomic E-state index is 12.8. The van der Waals surface area contributed by atoms with Crippen LogP contribution in [0.4, 0.5) is 13.2 Å². The fourth-order valence-electron chi connectivity index (χ4n) is 2.49. The third kappa shape index (κ3) is 4.18. The first-order chi connectivity index (χ1) is 12.5. The van der Waals surface area contributed by atoms with Gasteiger partial charge in [-0.3, -0.25) is 0 Å². The van der Waals surface area contributed by atoms with Crippen LogP contribution in [0, 0.1) is 0 Å². The second kappa shape index (κ2) is 6.70. The zero-order chi connectivity index (χ0) is 19.9. The molecule has 146 valence electrons. The molecule has 1 aliphatic rings. The molecule has 0 spiro atoms. The van der Waals surface area contributed by atoms with Crippen LogP contribution in [-0.4, -0.2) is 26.9 Å². The van der Waals surface area contributed by atoms with Crippen molar-refractivity contribution in [1.29, 1.82) is 0 Å². The van der Waals surface area contributed by atoms with Gasteiger partial charge in [0.15, 0.2) is 11.5 Å². The zero-order valence-electron chi connectivity index (χ0n) is 14.1. The molecule has 0 fully saturated rings. The van der Waals surface area contributed by atoms with Gasteiger partial charge in [-0.1, -0.05) is 12.1 Å². The molecule has 1 atom stereocenters. The molecule has 1 aliphatic heterocycles. The van der Waals surface area contributed by atoms with Gasteiger partial charge in [0.05, 0.1) is 10.5 Å². The summed E-state index contributed by atoms with van der Waals surface area (Å²) in [6, 6.07) is 8.01. The van der Waals surface area contributed by atoms with E-state index in [4.69, 9.17) is 9.47 Å². The predicted octanol–water partition coefficient (Wildman–Crippen LogP) is 2.62. The number of benzene rings is 2. The monoisotopic (exact) mass is 403 g/mol. The van der Waals surface area contributed by atoms with Crippen LogP contribution >= 0.6 is 0 Å². The molecule has 2 N–H and O–H groups in total. The lowest BCUT2D eigenvalue weighted by molar-refractivity contribution is -0.137. The van der Waals surface area contributed by atoms with Crippen molar-refractivity contribution >= 4 is 10.0 Å². The first-order valence-electron chi connectivity index (χ1n) is 7.78. The lowest BCUT2D eigenvalue weighted by atomic mass is 9.96. The molecule has 0 saturated carbocycles. The Bertz CT molecular complexity index is 957. The summed E-state index contributed by atoms with van der Waals surface area (Å²) in [6.45, 7) is 0.966. The fraction of sp³-hybridized carbons (Fsp3) is 0.294. The van der Waals surface area contributed by atoms with Gasteiger partial charge in [0.2, 0.25) is 16.8 Å². The van der Waals surface area contributed by atoms with Crippen molar-refractivity contribution < 1.29 is 36.2 Å². The van der Waals surface area contributed by atoms with Crippen molar-refractivity contribution in [3.05, 3.63) is 53.6 Å². The maximum Gasteiger partial charge on any atom is 0.416 e. The van der Waals surface area contributed by atoms with Crippen LogP contribution in [0.15, 0.2) is 47.4 Å². The molecule has 0 aliphatic carbocycles. The molecule has 0 aromatic heterocycles. The summed E-state index contributed by atoms with van der Waals surface area (Å²) in [4.78, 5) is -0.543. The number of rotatable bonds is 5. The number of fused-ring (bicyclic) bond motifs is 1. The molecule has 2 aromatic rings. The van der Waals surface area contributed by atoms with E-state index in [2.05, 4.69) is 4.72 Å². The van der Waals surface area contributed by atoms with E-state index in [-0.39, 0.29) is 6.79 Å². The molecule has 10 heteroatoms. The van der Waals surface area contributed by atoms with Gasteiger partial charge in [-0.15, -0.1) is 0 Å². The minimum Gasteiger partial charge on any atom is -0.454 e. The number of hydrogen-bond acceptors (Lipinski definition) is 5. The van der Waals surface area contributed by atoms with Gasteiger partial charge in [-0.25, -0.2) is 13.1 Å². The van der Waals surface area contributed by atoms with Crippen LogP contribution in [0.1, 0.15) is 18.1 Å². The second-order valence-corrected chi connectivity index (χ2v) is 7.96. The Balaban J connectivity index is 1.78. The third-order valence-electron chi connectivity index (χ3n) is 4.07. The van der Waals surface area contributed by atoms with Gasteiger partial charge in [-0.2, -0.15) is 13.2 Å². The predicted molar refractivity (Wildman–Crippen MR) is 88.8 cm³/mol. The maximum atomic E-state index is 12.8. The molecule has 2 aromatic carbocycles. The highest BCUT2D eigenvalue weighted by atomic mass is 32.2. The van der Waals surface area contributed by atoms with Crippen LogP contribution in [-0.2, 0) is 21.8 Å². The number of ether oxygens (including phenoxy) is 2.